The van der Waals surface area contributed by atoms with Gasteiger partial charge in [0, 0.05) is 18.0 Å². The van der Waals surface area contributed by atoms with E-state index >= 15 is 0 Å². The van der Waals surface area contributed by atoms with Crippen LogP contribution in [-0.4, -0.2) is 49.6 Å². The van der Waals surface area contributed by atoms with Crippen molar-refractivity contribution in [2.45, 2.75) is 11.8 Å². The normalized spacial score (nSPS) is 20.0. The van der Waals surface area contributed by atoms with Crippen molar-refractivity contribution in [3.05, 3.63) is 102 Å². The zero-order chi connectivity index (χ0) is 24.0. The van der Waals surface area contributed by atoms with Crippen molar-refractivity contribution in [1.29, 1.82) is 0 Å². The molecule has 0 aliphatic carbocycles. The molecule has 1 saturated heterocycles. The number of carbonyl (C=O) groups is 2. The zero-order valence-corrected chi connectivity index (χ0v) is 19.6. The van der Waals surface area contributed by atoms with E-state index in [1.165, 1.54) is 0 Å². The number of likely N-dealkylation sites (N-methyl/N-ethyl adjacent to an activating group) is 1. The lowest BCUT2D eigenvalue weighted by Crippen LogP contribution is -2.52. The molecule has 2 atom stereocenters. The number of quaternary nitrogens is 1. The summed E-state index contributed by atoms with van der Waals surface area (Å²) in [7, 11) is 2.19. The number of primary amides is 1. The van der Waals surface area contributed by atoms with Crippen LogP contribution in [0.15, 0.2) is 91.0 Å². The summed E-state index contributed by atoms with van der Waals surface area (Å²) in [6.45, 7) is 3.04. The van der Waals surface area contributed by atoms with Gasteiger partial charge in [-0.25, -0.2) is 4.79 Å². The molecule has 3 aromatic rings. The van der Waals surface area contributed by atoms with Gasteiger partial charge in [0.15, 0.2) is 0 Å². The summed E-state index contributed by atoms with van der Waals surface area (Å²) < 4.78 is 0.769. The molecule has 0 spiro atoms. The molecule has 1 fully saturated rings. The van der Waals surface area contributed by atoms with Crippen LogP contribution >= 0.6 is 0 Å². The molecule has 3 amide bonds. The van der Waals surface area contributed by atoms with Crippen LogP contribution in [0.3, 0.4) is 0 Å². The van der Waals surface area contributed by atoms with Gasteiger partial charge in [-0.2, -0.15) is 0 Å². The van der Waals surface area contributed by atoms with E-state index in [1.807, 2.05) is 91.0 Å². The molecule has 34 heavy (non-hydrogen) atoms. The third-order valence-corrected chi connectivity index (χ3v) is 7.11. The van der Waals surface area contributed by atoms with E-state index in [1.54, 1.807) is 0 Å². The van der Waals surface area contributed by atoms with E-state index in [9.17, 15) is 9.59 Å². The highest BCUT2D eigenvalue weighted by atomic mass is 16.2. The molecule has 4 N–H and O–H groups in total. The van der Waals surface area contributed by atoms with Crippen LogP contribution in [0.1, 0.15) is 17.5 Å². The molecule has 6 nitrogen and oxygen atoms in total. The van der Waals surface area contributed by atoms with Crippen LogP contribution in [0, 0.1) is 5.92 Å². The first kappa shape index (κ1) is 23.5. The highest BCUT2D eigenvalue weighted by Crippen LogP contribution is 2.44. The summed E-state index contributed by atoms with van der Waals surface area (Å²) in [4.78, 5) is 25.5. The molecule has 1 aliphatic rings. The molecule has 6 heteroatoms. The Bertz CT molecular complexity index is 1070. The fourth-order valence-corrected chi connectivity index (χ4v) is 5.40. The Hall–Kier alpha value is -3.64. The van der Waals surface area contributed by atoms with Gasteiger partial charge < -0.3 is 20.9 Å². The fourth-order valence-electron chi connectivity index (χ4n) is 5.40. The first-order valence-corrected chi connectivity index (χ1v) is 11.8. The molecule has 3 aromatic carbocycles. The summed E-state index contributed by atoms with van der Waals surface area (Å²) in [5.74, 6) is -0.262. The second-order valence-electron chi connectivity index (χ2n) is 9.39. The number of para-hydroxylation sites is 1. The van der Waals surface area contributed by atoms with Crippen molar-refractivity contribution in [3.63, 3.8) is 0 Å². The molecule has 4 rings (SSSR count). The topological polar surface area (TPSA) is 84.2 Å². The van der Waals surface area contributed by atoms with E-state index in [0.29, 0.717) is 6.54 Å². The quantitative estimate of drug-likeness (QED) is 0.450. The number of nitrogens with one attached hydrogen (secondary N) is 2. The largest absolute Gasteiger partial charge is 0.369 e. The number of nitrogens with two attached hydrogens (primary N) is 1. The Morgan fingerprint density at radius 3 is 1.97 bits per heavy atom. The number of likely N-dealkylation sites (tertiary alicyclic amines) is 1. The van der Waals surface area contributed by atoms with Crippen molar-refractivity contribution < 1.29 is 14.1 Å². The molecular weight excluding hydrogens is 424 g/mol. The minimum atomic E-state index is -0.892. The second-order valence-corrected chi connectivity index (χ2v) is 9.39. The van der Waals surface area contributed by atoms with Gasteiger partial charge in [-0.15, -0.1) is 0 Å². The van der Waals surface area contributed by atoms with Crippen molar-refractivity contribution in [2.75, 3.05) is 38.5 Å². The molecule has 0 bridgehead atoms. The number of nitrogens with zero attached hydrogens (tertiary/aromatic N) is 1. The number of anilines is 1. The van der Waals surface area contributed by atoms with Crippen LogP contribution in [0.4, 0.5) is 10.5 Å². The summed E-state index contributed by atoms with van der Waals surface area (Å²) in [5, 5.41) is 5.82. The maximum Gasteiger partial charge on any atom is 0.319 e. The smallest absolute Gasteiger partial charge is 0.319 e. The van der Waals surface area contributed by atoms with E-state index in [4.69, 9.17) is 5.73 Å². The average molecular weight is 458 g/mol. The van der Waals surface area contributed by atoms with E-state index in [0.717, 1.165) is 47.4 Å². The van der Waals surface area contributed by atoms with Crippen molar-refractivity contribution in [1.82, 2.24) is 5.32 Å². The lowest BCUT2D eigenvalue weighted by atomic mass is 9.64. The fraction of sp³-hybridized carbons (Fsp3) is 0.286. The highest BCUT2D eigenvalue weighted by Gasteiger charge is 2.53. The number of urea groups is 1. The number of amides is 3. The third kappa shape index (κ3) is 4.82. The lowest BCUT2D eigenvalue weighted by Gasteiger charge is -2.38. The predicted octanol–water partition coefficient (Wildman–Crippen LogP) is 3.75. The van der Waals surface area contributed by atoms with Crippen molar-refractivity contribution in [2.24, 2.45) is 11.7 Å². The molecule has 0 radical (unpaired) electrons. The lowest BCUT2D eigenvalue weighted by molar-refractivity contribution is -0.898. The standard InChI is InChI=1S/C28H32N4O2/c1-32(20-18-30-27(34)31-25-15-9-4-10-16-25)19-17-24(21-32)28(26(29)33,22-11-5-2-6-12-22)23-13-7-3-8-14-23/h2-16,24H,17-21H2,1H3,(H3-,29,30,31,33,34)/p+1/t24?,32-/m1/s1. The molecule has 1 aliphatic heterocycles. The van der Waals surface area contributed by atoms with Crippen LogP contribution in [0.2, 0.25) is 0 Å². The Morgan fingerprint density at radius 1 is 0.912 bits per heavy atom. The first-order chi connectivity index (χ1) is 16.4. The van der Waals surface area contributed by atoms with Crippen LogP contribution in [0.25, 0.3) is 0 Å². The maximum atomic E-state index is 13.2. The minimum absolute atomic E-state index is 0.0537. The number of rotatable bonds is 8. The first-order valence-electron chi connectivity index (χ1n) is 11.8. The Kier molecular flexibility index (Phi) is 6.98. The van der Waals surface area contributed by atoms with Gasteiger partial charge in [-0.05, 0) is 23.3 Å². The van der Waals surface area contributed by atoms with Crippen LogP contribution in [-0.2, 0) is 10.2 Å². The molecule has 0 aromatic heterocycles. The summed E-state index contributed by atoms with van der Waals surface area (Å²) in [6, 6.07) is 29.0. The van der Waals surface area contributed by atoms with Crippen LogP contribution in [0.5, 0.6) is 0 Å². The van der Waals surface area contributed by atoms with Gasteiger partial charge in [0.25, 0.3) is 0 Å². The van der Waals surface area contributed by atoms with Gasteiger partial charge in [-0.3, -0.25) is 4.79 Å². The van der Waals surface area contributed by atoms with Crippen LogP contribution < -0.4 is 16.4 Å². The van der Waals surface area contributed by atoms with Gasteiger partial charge in [0.05, 0.1) is 33.2 Å². The number of hydrogen-bond donors (Lipinski definition) is 3. The van der Waals surface area contributed by atoms with Gasteiger partial charge >= 0.3 is 6.03 Å². The molecule has 1 unspecified atom stereocenters. The maximum absolute atomic E-state index is 13.2. The Morgan fingerprint density at radius 2 is 1.44 bits per heavy atom. The average Bonchev–Trinajstić information content (AvgIpc) is 3.23. The summed E-state index contributed by atoms with van der Waals surface area (Å²) in [5.41, 5.74) is 7.95. The number of benzene rings is 3. The van der Waals surface area contributed by atoms with Gasteiger partial charge in [-0.1, -0.05) is 78.9 Å². The second kappa shape index (κ2) is 10.1. The minimum Gasteiger partial charge on any atom is -0.369 e. The van der Waals surface area contributed by atoms with E-state index in [2.05, 4.69) is 17.7 Å². The molecule has 176 valence electrons. The monoisotopic (exact) mass is 457 g/mol. The van der Waals surface area contributed by atoms with E-state index < -0.39 is 5.41 Å². The Labute approximate surface area is 201 Å². The molecular formula is C28H33N4O2+. The molecule has 1 heterocycles. The summed E-state index contributed by atoms with van der Waals surface area (Å²) >= 11 is 0. The van der Waals surface area contributed by atoms with E-state index in [-0.39, 0.29) is 17.9 Å². The van der Waals surface area contributed by atoms with Gasteiger partial charge in [0.1, 0.15) is 5.41 Å². The van der Waals surface area contributed by atoms with Crippen molar-refractivity contribution in [3.8, 4) is 0 Å². The van der Waals surface area contributed by atoms with Crippen molar-refractivity contribution >= 4 is 17.6 Å². The SMILES string of the molecule is C[N@+]1(CCNC(=O)Nc2ccccc2)CCC(C(C(N)=O)(c2ccccc2)c2ccccc2)C1. The zero-order valence-electron chi connectivity index (χ0n) is 19.6. The highest BCUT2D eigenvalue weighted by molar-refractivity contribution is 5.91. The van der Waals surface area contributed by atoms with Gasteiger partial charge in [0.2, 0.25) is 5.91 Å². The Balaban J connectivity index is 1.49. The number of carbonyl (C=O) groups excluding carboxylic acids is 2. The molecule has 0 saturated carbocycles. The predicted molar refractivity (Wildman–Crippen MR) is 135 cm³/mol. The summed E-state index contributed by atoms with van der Waals surface area (Å²) in [6.07, 6.45) is 0.874. The third-order valence-electron chi connectivity index (χ3n) is 7.11. The number of hydrogen-bond acceptors (Lipinski definition) is 2.